The molecule has 13 heavy (non-hydrogen) atoms. The third kappa shape index (κ3) is 1.99. The second-order valence-corrected chi connectivity index (χ2v) is 3.03. The van der Waals surface area contributed by atoms with Crippen molar-refractivity contribution in [2.24, 2.45) is 5.73 Å². The van der Waals surface area contributed by atoms with E-state index in [2.05, 4.69) is 0 Å². The van der Waals surface area contributed by atoms with Gasteiger partial charge in [-0.3, -0.25) is 0 Å². The summed E-state index contributed by atoms with van der Waals surface area (Å²) in [5, 5.41) is 18.2. The number of aliphatic hydroxyl groups is 1. The fourth-order valence-corrected chi connectivity index (χ4v) is 1.44. The van der Waals surface area contributed by atoms with E-state index in [1.165, 1.54) is 0 Å². The summed E-state index contributed by atoms with van der Waals surface area (Å²) in [4.78, 5) is 0. The molecule has 4 N–H and O–H groups in total. The maximum atomic E-state index is 9.44. The molecule has 0 saturated heterocycles. The molecule has 0 atom stereocenters. The highest BCUT2D eigenvalue weighted by molar-refractivity contribution is 5.43. The molecule has 0 aliphatic rings. The van der Waals surface area contributed by atoms with Gasteiger partial charge in [-0.05, 0) is 30.5 Å². The minimum Gasteiger partial charge on any atom is -0.508 e. The summed E-state index contributed by atoms with van der Waals surface area (Å²) in [5.41, 5.74) is 8.29. The number of aliphatic hydroxyl groups excluding tert-OH is 1. The molecule has 0 fully saturated rings. The van der Waals surface area contributed by atoms with E-state index in [4.69, 9.17) is 10.8 Å². The first-order chi connectivity index (χ1) is 6.20. The lowest BCUT2D eigenvalue weighted by atomic mass is 9.99. The molecular formula is C10H15NO2. The predicted molar refractivity (Wildman–Crippen MR) is 51.5 cm³/mol. The highest BCUT2D eigenvalue weighted by atomic mass is 16.3. The molecule has 3 heteroatoms. The first-order valence-electron chi connectivity index (χ1n) is 4.32. The van der Waals surface area contributed by atoms with Crippen molar-refractivity contribution >= 4 is 0 Å². The van der Waals surface area contributed by atoms with Crippen LogP contribution in [0.25, 0.3) is 0 Å². The van der Waals surface area contributed by atoms with Crippen molar-refractivity contribution in [3.05, 3.63) is 28.8 Å². The molecule has 1 aromatic carbocycles. The molecule has 0 bridgehead atoms. The second kappa shape index (κ2) is 4.25. The summed E-state index contributed by atoms with van der Waals surface area (Å²) in [6.45, 7) is 2.36. The molecule has 1 rings (SSSR count). The van der Waals surface area contributed by atoms with Crippen LogP contribution in [0, 0.1) is 6.92 Å². The number of hydrogen-bond acceptors (Lipinski definition) is 3. The molecule has 3 nitrogen and oxygen atoms in total. The highest BCUT2D eigenvalue weighted by Crippen LogP contribution is 2.23. The van der Waals surface area contributed by atoms with Crippen molar-refractivity contribution in [3.63, 3.8) is 0 Å². The zero-order valence-electron chi connectivity index (χ0n) is 7.75. The quantitative estimate of drug-likeness (QED) is 0.643. The molecule has 0 aromatic heterocycles. The first kappa shape index (κ1) is 10.0. The number of hydrogen-bond donors (Lipinski definition) is 3. The van der Waals surface area contributed by atoms with Crippen LogP contribution in [0.5, 0.6) is 5.75 Å². The Balaban J connectivity index is 3.11. The van der Waals surface area contributed by atoms with Gasteiger partial charge in [-0.25, -0.2) is 0 Å². The van der Waals surface area contributed by atoms with E-state index in [1.54, 1.807) is 6.07 Å². The van der Waals surface area contributed by atoms with Crippen molar-refractivity contribution in [2.75, 3.05) is 6.61 Å². The Hall–Kier alpha value is -1.06. The van der Waals surface area contributed by atoms with Crippen LogP contribution in [0.1, 0.15) is 16.7 Å². The maximum Gasteiger partial charge on any atom is 0.120 e. The monoisotopic (exact) mass is 181 g/mol. The molecule has 0 spiro atoms. The van der Waals surface area contributed by atoms with Crippen LogP contribution >= 0.6 is 0 Å². The molecule has 0 aliphatic heterocycles. The number of rotatable bonds is 3. The third-order valence-electron chi connectivity index (χ3n) is 2.27. The topological polar surface area (TPSA) is 66.5 Å². The van der Waals surface area contributed by atoms with E-state index in [0.29, 0.717) is 13.0 Å². The minimum absolute atomic E-state index is 0.121. The van der Waals surface area contributed by atoms with E-state index in [-0.39, 0.29) is 12.4 Å². The van der Waals surface area contributed by atoms with Crippen molar-refractivity contribution in [3.8, 4) is 5.75 Å². The molecule has 72 valence electrons. The van der Waals surface area contributed by atoms with Gasteiger partial charge >= 0.3 is 0 Å². The normalized spacial score (nSPS) is 10.4. The van der Waals surface area contributed by atoms with Gasteiger partial charge in [0.2, 0.25) is 0 Å². The van der Waals surface area contributed by atoms with Gasteiger partial charge in [0.1, 0.15) is 5.75 Å². The number of phenolic OH excluding ortho intramolecular Hbond substituents is 1. The number of aromatic hydroxyl groups is 1. The van der Waals surface area contributed by atoms with Crippen LogP contribution in [0.15, 0.2) is 12.1 Å². The Labute approximate surface area is 77.8 Å². The smallest absolute Gasteiger partial charge is 0.120 e. The van der Waals surface area contributed by atoms with Gasteiger partial charge in [-0.15, -0.1) is 0 Å². The molecule has 0 unspecified atom stereocenters. The van der Waals surface area contributed by atoms with Crippen molar-refractivity contribution in [2.45, 2.75) is 19.9 Å². The van der Waals surface area contributed by atoms with Crippen LogP contribution in [-0.4, -0.2) is 16.8 Å². The summed E-state index contributed by atoms with van der Waals surface area (Å²) < 4.78 is 0. The Morgan fingerprint density at radius 1 is 1.38 bits per heavy atom. The number of phenols is 1. The Kier molecular flexibility index (Phi) is 3.28. The van der Waals surface area contributed by atoms with Crippen LogP contribution in [-0.2, 0) is 13.0 Å². The van der Waals surface area contributed by atoms with Gasteiger partial charge in [0, 0.05) is 18.7 Å². The zero-order valence-corrected chi connectivity index (χ0v) is 7.75. The Morgan fingerprint density at radius 2 is 2.08 bits per heavy atom. The van der Waals surface area contributed by atoms with Gasteiger partial charge in [0.15, 0.2) is 0 Å². The van der Waals surface area contributed by atoms with Crippen molar-refractivity contribution < 1.29 is 10.2 Å². The second-order valence-electron chi connectivity index (χ2n) is 3.03. The lowest BCUT2D eigenvalue weighted by molar-refractivity contribution is 0.299. The largest absolute Gasteiger partial charge is 0.508 e. The molecule has 0 saturated carbocycles. The van der Waals surface area contributed by atoms with Crippen LogP contribution < -0.4 is 5.73 Å². The van der Waals surface area contributed by atoms with E-state index >= 15 is 0 Å². The van der Waals surface area contributed by atoms with E-state index in [0.717, 1.165) is 16.7 Å². The SMILES string of the molecule is Cc1c(CCO)ccc(O)c1CN. The van der Waals surface area contributed by atoms with Gasteiger partial charge in [0.05, 0.1) is 0 Å². The molecule has 0 amide bonds. The average molecular weight is 181 g/mol. The fraction of sp³-hybridized carbons (Fsp3) is 0.400. The Morgan fingerprint density at radius 3 is 2.62 bits per heavy atom. The summed E-state index contributed by atoms with van der Waals surface area (Å²) in [5.74, 6) is 0.238. The van der Waals surface area contributed by atoms with Gasteiger partial charge < -0.3 is 15.9 Å². The van der Waals surface area contributed by atoms with Crippen LogP contribution in [0.2, 0.25) is 0 Å². The van der Waals surface area contributed by atoms with Crippen LogP contribution in [0.3, 0.4) is 0 Å². The molecule has 0 aliphatic carbocycles. The van der Waals surface area contributed by atoms with Crippen molar-refractivity contribution in [1.82, 2.24) is 0 Å². The standard InChI is InChI=1S/C10H15NO2/c1-7-8(4-5-12)2-3-10(13)9(7)6-11/h2-3,12-13H,4-6,11H2,1H3. The van der Waals surface area contributed by atoms with Gasteiger partial charge in [0.25, 0.3) is 0 Å². The van der Waals surface area contributed by atoms with Gasteiger partial charge in [-0.1, -0.05) is 6.07 Å². The summed E-state index contributed by atoms with van der Waals surface area (Å²) in [7, 11) is 0. The number of benzene rings is 1. The van der Waals surface area contributed by atoms with E-state index in [9.17, 15) is 5.11 Å². The molecule has 0 radical (unpaired) electrons. The first-order valence-corrected chi connectivity index (χ1v) is 4.32. The maximum absolute atomic E-state index is 9.44. The third-order valence-corrected chi connectivity index (χ3v) is 2.27. The fourth-order valence-electron chi connectivity index (χ4n) is 1.44. The lowest BCUT2D eigenvalue weighted by Gasteiger charge is -2.10. The average Bonchev–Trinajstić information content (AvgIpc) is 2.11. The lowest BCUT2D eigenvalue weighted by Crippen LogP contribution is -2.03. The van der Waals surface area contributed by atoms with E-state index < -0.39 is 0 Å². The van der Waals surface area contributed by atoms with Gasteiger partial charge in [-0.2, -0.15) is 0 Å². The predicted octanol–water partition coefficient (Wildman–Crippen LogP) is 0.694. The Bertz CT molecular complexity index is 297. The molecular weight excluding hydrogens is 166 g/mol. The van der Waals surface area contributed by atoms with Crippen LogP contribution in [0.4, 0.5) is 0 Å². The minimum atomic E-state index is 0.121. The molecule has 1 aromatic rings. The number of nitrogens with two attached hydrogens (primary N) is 1. The highest BCUT2D eigenvalue weighted by Gasteiger charge is 2.06. The van der Waals surface area contributed by atoms with E-state index in [1.807, 2.05) is 13.0 Å². The summed E-state index contributed by atoms with van der Waals surface area (Å²) in [6.07, 6.45) is 0.610. The summed E-state index contributed by atoms with van der Waals surface area (Å²) >= 11 is 0. The summed E-state index contributed by atoms with van der Waals surface area (Å²) in [6, 6.07) is 3.44. The molecule has 0 heterocycles. The zero-order chi connectivity index (χ0) is 9.84. The van der Waals surface area contributed by atoms with Crippen molar-refractivity contribution in [1.29, 1.82) is 0 Å².